The molecule has 16 heavy (non-hydrogen) atoms. The smallest absolute Gasteiger partial charge is 0.168 e. The fourth-order valence-corrected chi connectivity index (χ4v) is 1.44. The number of aryl methyl sites for hydroxylation is 1. The van der Waals surface area contributed by atoms with Crippen molar-refractivity contribution < 1.29 is 0 Å². The lowest BCUT2D eigenvalue weighted by Crippen LogP contribution is -2.11. The molecular weight excluding hydrogens is 202 g/mol. The van der Waals surface area contributed by atoms with Gasteiger partial charge in [-0.25, -0.2) is 4.68 Å². The molecule has 3 N–H and O–H groups in total. The van der Waals surface area contributed by atoms with Gasteiger partial charge in [0.25, 0.3) is 0 Å². The zero-order valence-electron chi connectivity index (χ0n) is 10.1. The first-order chi connectivity index (χ1) is 7.60. The Labute approximate surface area is 96.2 Å². The summed E-state index contributed by atoms with van der Waals surface area (Å²) in [5, 5.41) is 16.5. The van der Waals surface area contributed by atoms with E-state index in [-0.39, 0.29) is 6.04 Å². The maximum absolute atomic E-state index is 9.03. The van der Waals surface area contributed by atoms with Gasteiger partial charge < -0.3 is 11.1 Å². The lowest BCUT2D eigenvalue weighted by atomic mass is 10.3. The normalized spacial score (nSPS) is 10.4. The minimum atomic E-state index is 0.237. The number of rotatable bonds is 5. The summed E-state index contributed by atoms with van der Waals surface area (Å²) >= 11 is 0. The van der Waals surface area contributed by atoms with Gasteiger partial charge in [-0.1, -0.05) is 13.3 Å². The number of nitrogen functional groups attached to an aromatic ring is 1. The van der Waals surface area contributed by atoms with E-state index in [1.54, 1.807) is 4.68 Å². The van der Waals surface area contributed by atoms with Crippen LogP contribution in [0.5, 0.6) is 0 Å². The second-order valence-corrected chi connectivity index (χ2v) is 4.10. The Morgan fingerprint density at radius 2 is 2.25 bits per heavy atom. The number of nitrogens with zero attached hydrogens (tertiary/aromatic N) is 3. The molecule has 0 amide bonds. The van der Waals surface area contributed by atoms with Crippen molar-refractivity contribution in [1.29, 1.82) is 5.26 Å². The molecule has 0 aliphatic carbocycles. The molecule has 1 aromatic heterocycles. The molecule has 1 aromatic rings. The van der Waals surface area contributed by atoms with Gasteiger partial charge >= 0.3 is 0 Å². The van der Waals surface area contributed by atoms with Crippen molar-refractivity contribution >= 4 is 11.6 Å². The summed E-state index contributed by atoms with van der Waals surface area (Å²) in [6.07, 6.45) is 2.09. The van der Waals surface area contributed by atoms with Crippen LogP contribution in [0.1, 0.15) is 39.2 Å². The topological polar surface area (TPSA) is 79.7 Å². The molecule has 1 rings (SSSR count). The van der Waals surface area contributed by atoms with Gasteiger partial charge in [0.15, 0.2) is 5.82 Å². The van der Waals surface area contributed by atoms with Crippen LogP contribution in [0.25, 0.3) is 0 Å². The Morgan fingerprint density at radius 3 is 2.75 bits per heavy atom. The highest BCUT2D eigenvalue weighted by Gasteiger charge is 2.15. The number of hydrogen-bond donors (Lipinski definition) is 2. The number of aromatic nitrogens is 2. The lowest BCUT2D eigenvalue weighted by Gasteiger charge is -2.05. The highest BCUT2D eigenvalue weighted by Crippen LogP contribution is 2.21. The molecule has 0 atom stereocenters. The molecule has 88 valence electrons. The third-order valence-electron chi connectivity index (χ3n) is 2.25. The molecule has 0 bridgehead atoms. The van der Waals surface area contributed by atoms with Crippen molar-refractivity contribution in [2.45, 2.75) is 46.2 Å². The number of anilines is 2. The molecule has 0 unspecified atom stereocenters. The minimum absolute atomic E-state index is 0.237. The Balaban J connectivity index is 2.96. The van der Waals surface area contributed by atoms with Gasteiger partial charge in [0.1, 0.15) is 17.5 Å². The van der Waals surface area contributed by atoms with Crippen molar-refractivity contribution in [2.75, 3.05) is 11.1 Å². The number of nitriles is 1. The first kappa shape index (κ1) is 12.4. The van der Waals surface area contributed by atoms with Crippen LogP contribution in [-0.2, 0) is 6.54 Å². The molecule has 0 aliphatic heterocycles. The molecule has 0 radical (unpaired) electrons. The maximum atomic E-state index is 9.03. The van der Waals surface area contributed by atoms with Crippen molar-refractivity contribution in [2.24, 2.45) is 0 Å². The first-order valence-corrected chi connectivity index (χ1v) is 5.63. The second kappa shape index (κ2) is 5.40. The van der Waals surface area contributed by atoms with Crippen LogP contribution in [0.4, 0.5) is 11.6 Å². The van der Waals surface area contributed by atoms with Crippen LogP contribution >= 0.6 is 0 Å². The predicted octanol–water partition coefficient (Wildman–Crippen LogP) is 1.96. The van der Waals surface area contributed by atoms with Crippen molar-refractivity contribution in [1.82, 2.24) is 9.78 Å². The summed E-state index contributed by atoms with van der Waals surface area (Å²) in [5.74, 6) is 1.05. The van der Waals surface area contributed by atoms with E-state index in [1.165, 1.54) is 0 Å². The van der Waals surface area contributed by atoms with Crippen LogP contribution in [-0.4, -0.2) is 15.8 Å². The number of nitrogens with two attached hydrogens (primary N) is 1. The monoisotopic (exact) mass is 221 g/mol. The minimum Gasteiger partial charge on any atom is -0.383 e. The van der Waals surface area contributed by atoms with Crippen molar-refractivity contribution in [3.63, 3.8) is 0 Å². The van der Waals surface area contributed by atoms with E-state index in [1.807, 2.05) is 13.8 Å². The average Bonchev–Trinajstić information content (AvgIpc) is 2.51. The molecule has 0 aliphatic rings. The third kappa shape index (κ3) is 2.66. The molecular formula is C11H19N5. The number of unbranched alkanes of at least 4 members (excludes halogenated alkanes) is 1. The lowest BCUT2D eigenvalue weighted by molar-refractivity contribution is 0.579. The standard InChI is InChI=1S/C11H19N5/c1-4-5-6-16-10(13)9(7-12)11(15-16)14-8(2)3/h8H,4-6,13H2,1-3H3,(H,14,15). The van der Waals surface area contributed by atoms with E-state index in [9.17, 15) is 0 Å². The molecule has 1 heterocycles. The zero-order chi connectivity index (χ0) is 12.1. The molecule has 0 spiro atoms. The van der Waals surface area contributed by atoms with E-state index < -0.39 is 0 Å². The van der Waals surface area contributed by atoms with Crippen LogP contribution < -0.4 is 11.1 Å². The van der Waals surface area contributed by atoms with Gasteiger partial charge in [0, 0.05) is 12.6 Å². The molecule has 0 saturated heterocycles. The Bertz CT molecular complexity index is 386. The summed E-state index contributed by atoms with van der Waals surface area (Å²) in [6, 6.07) is 2.33. The van der Waals surface area contributed by atoms with Crippen molar-refractivity contribution in [3.8, 4) is 6.07 Å². The van der Waals surface area contributed by atoms with Gasteiger partial charge in [-0.15, -0.1) is 0 Å². The van der Waals surface area contributed by atoms with Crippen LogP contribution in [0, 0.1) is 11.3 Å². The second-order valence-electron chi connectivity index (χ2n) is 4.10. The van der Waals surface area contributed by atoms with E-state index in [4.69, 9.17) is 11.0 Å². The molecule has 0 saturated carbocycles. The van der Waals surface area contributed by atoms with Gasteiger partial charge in [-0.2, -0.15) is 10.4 Å². The summed E-state index contributed by atoms with van der Waals surface area (Å²) in [5.41, 5.74) is 6.32. The number of nitrogens with one attached hydrogen (secondary N) is 1. The third-order valence-corrected chi connectivity index (χ3v) is 2.25. The summed E-state index contributed by atoms with van der Waals surface area (Å²) in [4.78, 5) is 0. The van der Waals surface area contributed by atoms with E-state index in [0.717, 1.165) is 19.4 Å². The highest BCUT2D eigenvalue weighted by atomic mass is 15.3. The Kier molecular flexibility index (Phi) is 4.18. The summed E-state index contributed by atoms with van der Waals surface area (Å²) in [6.45, 7) is 6.87. The SMILES string of the molecule is CCCCn1nc(NC(C)C)c(C#N)c1N. The van der Waals surface area contributed by atoms with Crippen LogP contribution in [0.15, 0.2) is 0 Å². The van der Waals surface area contributed by atoms with Gasteiger partial charge in [0.2, 0.25) is 0 Å². The zero-order valence-corrected chi connectivity index (χ0v) is 10.1. The average molecular weight is 221 g/mol. The Morgan fingerprint density at radius 1 is 1.56 bits per heavy atom. The quantitative estimate of drug-likeness (QED) is 0.796. The van der Waals surface area contributed by atoms with E-state index >= 15 is 0 Å². The van der Waals surface area contributed by atoms with Gasteiger partial charge in [-0.3, -0.25) is 0 Å². The van der Waals surface area contributed by atoms with Crippen molar-refractivity contribution in [3.05, 3.63) is 5.56 Å². The van der Waals surface area contributed by atoms with Crippen LogP contribution in [0.3, 0.4) is 0 Å². The number of hydrogen-bond acceptors (Lipinski definition) is 4. The summed E-state index contributed by atoms with van der Waals surface area (Å²) in [7, 11) is 0. The predicted molar refractivity (Wildman–Crippen MR) is 65.0 cm³/mol. The molecule has 5 heteroatoms. The molecule has 5 nitrogen and oxygen atoms in total. The first-order valence-electron chi connectivity index (χ1n) is 5.63. The maximum Gasteiger partial charge on any atom is 0.168 e. The molecule has 0 fully saturated rings. The molecule has 0 aromatic carbocycles. The van der Waals surface area contributed by atoms with E-state index in [0.29, 0.717) is 17.2 Å². The van der Waals surface area contributed by atoms with E-state index in [2.05, 4.69) is 23.4 Å². The summed E-state index contributed by atoms with van der Waals surface area (Å²) < 4.78 is 1.70. The fourth-order valence-electron chi connectivity index (χ4n) is 1.44. The van der Waals surface area contributed by atoms with Gasteiger partial charge in [0.05, 0.1) is 0 Å². The largest absolute Gasteiger partial charge is 0.383 e. The Hall–Kier alpha value is -1.70. The highest BCUT2D eigenvalue weighted by molar-refractivity contribution is 5.63. The van der Waals surface area contributed by atoms with Crippen LogP contribution in [0.2, 0.25) is 0 Å². The van der Waals surface area contributed by atoms with Gasteiger partial charge in [-0.05, 0) is 20.3 Å². The fraction of sp³-hybridized carbons (Fsp3) is 0.636.